The Labute approximate surface area is 230 Å². The predicted molar refractivity (Wildman–Crippen MR) is 139 cm³/mol. The molecule has 2 aromatic carbocycles. The number of nitrogens with zero attached hydrogens (tertiary/aromatic N) is 6. The molecule has 0 unspecified atom stereocenters. The molecule has 3 aliphatic rings. The van der Waals surface area contributed by atoms with Crippen LogP contribution in [0.1, 0.15) is 28.3 Å². The van der Waals surface area contributed by atoms with Gasteiger partial charge in [0.15, 0.2) is 11.5 Å². The molecular formula is C27H29N7O6. The van der Waals surface area contributed by atoms with E-state index >= 15 is 0 Å². The molecule has 3 aromatic rings. The van der Waals surface area contributed by atoms with Crippen molar-refractivity contribution in [3.63, 3.8) is 0 Å². The molecular weight excluding hydrogens is 518 g/mol. The fourth-order valence-electron chi connectivity index (χ4n) is 5.36. The minimum atomic E-state index is -0.471. The summed E-state index contributed by atoms with van der Waals surface area (Å²) in [5, 5.41) is 13.9. The zero-order valence-electron chi connectivity index (χ0n) is 21.8. The zero-order chi connectivity index (χ0) is 27.5. The van der Waals surface area contributed by atoms with E-state index in [0.29, 0.717) is 55.5 Å². The lowest BCUT2D eigenvalue weighted by Crippen LogP contribution is -2.43. The van der Waals surface area contributed by atoms with Crippen molar-refractivity contribution in [1.82, 2.24) is 35.3 Å². The SMILES string of the molecule is O=C1NCCN(C(=O)Cn2cnnn2)CCCOc2cccc(c2)[C@H]2CN(C(=O)c3ccc4c(c3)OCO4)C[C@H]12. The summed E-state index contributed by atoms with van der Waals surface area (Å²) in [6.45, 7) is 2.26. The van der Waals surface area contributed by atoms with Crippen LogP contribution in [0.2, 0.25) is 0 Å². The highest BCUT2D eigenvalue weighted by atomic mass is 16.7. The van der Waals surface area contributed by atoms with Crippen molar-refractivity contribution in [2.45, 2.75) is 18.9 Å². The van der Waals surface area contributed by atoms with Gasteiger partial charge in [0.2, 0.25) is 18.6 Å². The standard InChI is InChI=1S/C27H29N7O6/c35-25(15-34-16-29-30-31-34)32-8-2-10-38-20-4-1-3-18(11-20)21-13-33(14-22(21)26(36)28-7-9-32)27(37)19-5-6-23-24(12-19)40-17-39-23/h1,3-6,11-12,16,21-22H,2,7-10,13-15,17H2,(H,28,36)/t21-,22+/m1/s1. The van der Waals surface area contributed by atoms with Crippen LogP contribution in [0.5, 0.6) is 17.2 Å². The van der Waals surface area contributed by atoms with Crippen molar-refractivity contribution in [2.75, 3.05) is 46.1 Å². The molecule has 6 rings (SSSR count). The number of amides is 3. The maximum Gasteiger partial charge on any atom is 0.254 e. The molecule has 4 heterocycles. The number of carbonyl (C=O) groups excluding carboxylic acids is 3. The third-order valence-corrected chi connectivity index (χ3v) is 7.41. The second kappa shape index (κ2) is 11.2. The molecule has 40 heavy (non-hydrogen) atoms. The Morgan fingerprint density at radius 3 is 2.73 bits per heavy atom. The Morgan fingerprint density at radius 2 is 1.85 bits per heavy atom. The van der Waals surface area contributed by atoms with Gasteiger partial charge < -0.3 is 29.3 Å². The second-order valence-electron chi connectivity index (χ2n) is 9.94. The minimum Gasteiger partial charge on any atom is -0.494 e. The van der Waals surface area contributed by atoms with Crippen LogP contribution in [-0.4, -0.2) is 93.9 Å². The van der Waals surface area contributed by atoms with E-state index in [0.717, 1.165) is 5.56 Å². The van der Waals surface area contributed by atoms with Gasteiger partial charge in [0.05, 0.1) is 12.5 Å². The van der Waals surface area contributed by atoms with Gasteiger partial charge in [-0.05, 0) is 52.7 Å². The molecule has 2 atom stereocenters. The largest absolute Gasteiger partial charge is 0.494 e. The molecule has 0 saturated carbocycles. The average Bonchev–Trinajstić information content (AvgIpc) is 3.74. The monoisotopic (exact) mass is 547 g/mol. The molecule has 1 saturated heterocycles. The van der Waals surface area contributed by atoms with Crippen molar-refractivity contribution >= 4 is 17.7 Å². The highest BCUT2D eigenvalue weighted by Crippen LogP contribution is 2.37. The Hall–Kier alpha value is -4.68. The Balaban J connectivity index is 1.21. The van der Waals surface area contributed by atoms with Crippen LogP contribution >= 0.6 is 0 Å². The quantitative estimate of drug-likeness (QED) is 0.501. The number of hydrogen-bond donors (Lipinski definition) is 1. The molecule has 2 bridgehead atoms. The van der Waals surface area contributed by atoms with Gasteiger partial charge in [-0.2, -0.15) is 0 Å². The third kappa shape index (κ3) is 5.40. The highest BCUT2D eigenvalue weighted by molar-refractivity contribution is 5.96. The number of nitrogens with one attached hydrogen (secondary N) is 1. The van der Waals surface area contributed by atoms with E-state index in [2.05, 4.69) is 20.8 Å². The minimum absolute atomic E-state index is 0.00543. The molecule has 13 heteroatoms. The Bertz CT molecular complexity index is 1400. The van der Waals surface area contributed by atoms with Crippen molar-refractivity contribution in [2.24, 2.45) is 5.92 Å². The number of tetrazole rings is 1. The van der Waals surface area contributed by atoms with Gasteiger partial charge >= 0.3 is 0 Å². The summed E-state index contributed by atoms with van der Waals surface area (Å²) in [6.07, 6.45) is 2.00. The van der Waals surface area contributed by atoms with E-state index in [1.165, 1.54) is 11.0 Å². The number of benzene rings is 2. The summed E-state index contributed by atoms with van der Waals surface area (Å²) < 4.78 is 18.2. The number of likely N-dealkylation sites (tertiary alicyclic amines) is 1. The molecule has 208 valence electrons. The number of carbonyl (C=O) groups is 3. The van der Waals surface area contributed by atoms with E-state index in [-0.39, 0.29) is 50.1 Å². The zero-order valence-corrected chi connectivity index (χ0v) is 21.8. The van der Waals surface area contributed by atoms with Crippen molar-refractivity contribution in [3.8, 4) is 17.2 Å². The first kappa shape index (κ1) is 25.6. The van der Waals surface area contributed by atoms with Gasteiger partial charge in [0.25, 0.3) is 5.91 Å². The van der Waals surface area contributed by atoms with Crippen LogP contribution in [-0.2, 0) is 16.1 Å². The normalized spacial score (nSPS) is 20.8. The van der Waals surface area contributed by atoms with E-state index < -0.39 is 5.92 Å². The van der Waals surface area contributed by atoms with Crippen LogP contribution in [0.25, 0.3) is 0 Å². The molecule has 3 amide bonds. The smallest absolute Gasteiger partial charge is 0.254 e. The molecule has 0 radical (unpaired) electrons. The first-order valence-electron chi connectivity index (χ1n) is 13.2. The molecule has 0 aliphatic carbocycles. The van der Waals surface area contributed by atoms with Crippen molar-refractivity contribution in [3.05, 3.63) is 59.9 Å². The number of rotatable bonds is 3. The second-order valence-corrected chi connectivity index (χ2v) is 9.94. The third-order valence-electron chi connectivity index (χ3n) is 7.41. The fourth-order valence-corrected chi connectivity index (χ4v) is 5.36. The van der Waals surface area contributed by atoms with E-state index in [1.54, 1.807) is 28.0 Å². The summed E-state index contributed by atoms with van der Waals surface area (Å²) in [4.78, 5) is 43.3. The van der Waals surface area contributed by atoms with E-state index in [9.17, 15) is 14.4 Å². The summed E-state index contributed by atoms with van der Waals surface area (Å²) in [7, 11) is 0. The van der Waals surface area contributed by atoms with Crippen LogP contribution in [0, 0.1) is 5.92 Å². The van der Waals surface area contributed by atoms with Gasteiger partial charge in [-0.15, -0.1) is 5.10 Å². The average molecular weight is 548 g/mol. The number of fused-ring (bicyclic) bond motifs is 5. The van der Waals surface area contributed by atoms with Crippen molar-refractivity contribution in [1.29, 1.82) is 0 Å². The lowest BCUT2D eigenvalue weighted by Gasteiger charge is -2.25. The summed E-state index contributed by atoms with van der Waals surface area (Å²) in [5.41, 5.74) is 1.41. The molecule has 3 aliphatic heterocycles. The van der Waals surface area contributed by atoms with Gasteiger partial charge in [-0.25, -0.2) is 4.68 Å². The lowest BCUT2D eigenvalue weighted by atomic mass is 9.88. The highest BCUT2D eigenvalue weighted by Gasteiger charge is 2.41. The first-order valence-corrected chi connectivity index (χ1v) is 13.2. The number of hydrogen-bond acceptors (Lipinski definition) is 9. The maximum absolute atomic E-state index is 13.5. The van der Waals surface area contributed by atoms with E-state index in [4.69, 9.17) is 14.2 Å². The van der Waals surface area contributed by atoms with Crippen LogP contribution < -0.4 is 19.5 Å². The lowest BCUT2D eigenvalue weighted by molar-refractivity contribution is -0.133. The van der Waals surface area contributed by atoms with Gasteiger partial charge in [-0.3, -0.25) is 14.4 Å². The predicted octanol–water partition coefficient (Wildman–Crippen LogP) is 0.685. The molecule has 1 fully saturated rings. The topological polar surface area (TPSA) is 141 Å². The number of ether oxygens (including phenoxy) is 3. The maximum atomic E-state index is 13.5. The molecule has 1 aromatic heterocycles. The molecule has 1 N–H and O–H groups in total. The van der Waals surface area contributed by atoms with Gasteiger partial charge in [0, 0.05) is 44.2 Å². The summed E-state index contributed by atoms with van der Waals surface area (Å²) in [5.74, 6) is 0.628. The molecule has 0 spiro atoms. The van der Waals surface area contributed by atoms with Crippen LogP contribution in [0.15, 0.2) is 48.8 Å². The summed E-state index contributed by atoms with van der Waals surface area (Å²) >= 11 is 0. The van der Waals surface area contributed by atoms with E-state index in [1.807, 2.05) is 24.3 Å². The fraction of sp³-hybridized carbons (Fsp3) is 0.407. The van der Waals surface area contributed by atoms with Crippen LogP contribution in [0.3, 0.4) is 0 Å². The van der Waals surface area contributed by atoms with Crippen LogP contribution in [0.4, 0.5) is 0 Å². The molecule has 13 nitrogen and oxygen atoms in total. The van der Waals surface area contributed by atoms with Crippen molar-refractivity contribution < 1.29 is 28.6 Å². The van der Waals surface area contributed by atoms with Gasteiger partial charge in [0.1, 0.15) is 18.6 Å². The van der Waals surface area contributed by atoms with Gasteiger partial charge in [-0.1, -0.05) is 12.1 Å². The first-order chi connectivity index (χ1) is 19.5. The Morgan fingerprint density at radius 1 is 0.975 bits per heavy atom. The Kier molecular flexibility index (Phi) is 7.17. The number of aromatic nitrogens is 4. The summed E-state index contributed by atoms with van der Waals surface area (Å²) in [6, 6.07) is 12.8.